The minimum atomic E-state index is 1.10. The number of nitrogens with zero attached hydrogens (tertiary/aromatic N) is 3. The quantitative estimate of drug-likeness (QED) is 0.163. The van der Waals surface area contributed by atoms with Crippen LogP contribution in [0.15, 0.2) is 224 Å². The van der Waals surface area contributed by atoms with E-state index in [4.69, 9.17) is 0 Å². The van der Waals surface area contributed by atoms with E-state index in [2.05, 4.69) is 238 Å². The van der Waals surface area contributed by atoms with Crippen LogP contribution in [0.1, 0.15) is 0 Å². The highest BCUT2D eigenvalue weighted by molar-refractivity contribution is 7.25. The lowest BCUT2D eigenvalue weighted by Gasteiger charge is -2.27. The fourth-order valence-corrected chi connectivity index (χ4v) is 11.1. The zero-order valence-corrected chi connectivity index (χ0v) is 34.4. The lowest BCUT2D eigenvalue weighted by Crippen LogP contribution is -2.10. The Morgan fingerprint density at radius 3 is 1.63 bits per heavy atom. The van der Waals surface area contributed by atoms with E-state index < -0.39 is 0 Å². The van der Waals surface area contributed by atoms with Gasteiger partial charge in [0.25, 0.3) is 0 Å². The maximum absolute atomic E-state index is 2.45. The summed E-state index contributed by atoms with van der Waals surface area (Å²) < 4.78 is 7.39. The summed E-state index contributed by atoms with van der Waals surface area (Å²) in [5.74, 6) is 0. The van der Waals surface area contributed by atoms with Crippen molar-refractivity contribution in [1.29, 1.82) is 0 Å². The Labute approximate surface area is 362 Å². The summed E-state index contributed by atoms with van der Waals surface area (Å²) in [6.45, 7) is 0. The third-order valence-electron chi connectivity index (χ3n) is 12.7. The molecule has 0 aliphatic rings. The van der Waals surface area contributed by atoms with Crippen molar-refractivity contribution in [2.45, 2.75) is 0 Å². The van der Waals surface area contributed by atoms with E-state index in [0.29, 0.717) is 0 Å². The highest BCUT2D eigenvalue weighted by atomic mass is 32.1. The van der Waals surface area contributed by atoms with Crippen LogP contribution < -0.4 is 4.90 Å². The molecule has 0 unspecified atom stereocenters. The number of benzene rings is 10. The molecule has 10 aromatic carbocycles. The third kappa shape index (κ3) is 5.30. The predicted molar refractivity (Wildman–Crippen MR) is 266 cm³/mol. The Morgan fingerprint density at radius 1 is 0.323 bits per heavy atom. The summed E-state index contributed by atoms with van der Waals surface area (Å²) in [4.78, 5) is 2.45. The van der Waals surface area contributed by atoms with Gasteiger partial charge in [-0.1, -0.05) is 140 Å². The van der Waals surface area contributed by atoms with Crippen molar-refractivity contribution in [2.75, 3.05) is 4.90 Å². The van der Waals surface area contributed by atoms with E-state index in [-0.39, 0.29) is 0 Å². The predicted octanol–water partition coefficient (Wildman–Crippen LogP) is 16.5. The molecular weight excluding hydrogens is 771 g/mol. The monoisotopic (exact) mass is 807 g/mol. The van der Waals surface area contributed by atoms with Gasteiger partial charge in [0.05, 0.1) is 27.8 Å². The summed E-state index contributed by atoms with van der Waals surface area (Å²) in [6.07, 6.45) is 0. The number of hydrogen-bond acceptors (Lipinski definition) is 2. The highest BCUT2D eigenvalue weighted by Crippen LogP contribution is 2.46. The molecule has 13 rings (SSSR count). The van der Waals surface area contributed by atoms with Gasteiger partial charge in [0.1, 0.15) is 0 Å². The average molecular weight is 808 g/mol. The smallest absolute Gasteiger partial charge is 0.0562 e. The van der Waals surface area contributed by atoms with E-state index >= 15 is 0 Å². The molecule has 3 heterocycles. The van der Waals surface area contributed by atoms with Gasteiger partial charge < -0.3 is 14.0 Å². The van der Waals surface area contributed by atoms with E-state index in [1.54, 1.807) is 0 Å². The largest absolute Gasteiger partial charge is 0.310 e. The lowest BCUT2D eigenvalue weighted by atomic mass is 10.0. The second-order valence-corrected chi connectivity index (χ2v) is 17.2. The van der Waals surface area contributed by atoms with Crippen molar-refractivity contribution < 1.29 is 0 Å². The molecule has 290 valence electrons. The van der Waals surface area contributed by atoms with Crippen molar-refractivity contribution in [1.82, 2.24) is 9.13 Å². The summed E-state index contributed by atoms with van der Waals surface area (Å²) in [5.41, 5.74) is 12.8. The fraction of sp³-hybridized carbons (Fsp3) is 0. The maximum Gasteiger partial charge on any atom is 0.0562 e. The molecule has 0 saturated heterocycles. The summed E-state index contributed by atoms with van der Waals surface area (Å²) >= 11 is 1.86. The minimum Gasteiger partial charge on any atom is -0.310 e. The SMILES string of the molecule is c1ccc(-n2c3ccccc3c3c(N(c4ccc(-c5ccc(-n6c7ccccc7c7c8ccccc8ccc76)cc5)cc4)c4ccc5c(c4)sc4ccccc45)cccc32)cc1. The molecule has 0 aliphatic carbocycles. The number of anilines is 3. The minimum absolute atomic E-state index is 1.10. The molecule has 0 radical (unpaired) electrons. The van der Waals surface area contributed by atoms with Crippen LogP contribution in [0.5, 0.6) is 0 Å². The zero-order chi connectivity index (χ0) is 40.7. The van der Waals surface area contributed by atoms with Gasteiger partial charge in [-0.05, 0) is 107 Å². The highest BCUT2D eigenvalue weighted by Gasteiger charge is 2.22. The van der Waals surface area contributed by atoms with Crippen molar-refractivity contribution >= 4 is 103 Å². The molecule has 3 aromatic heterocycles. The molecule has 62 heavy (non-hydrogen) atoms. The average Bonchev–Trinajstić information content (AvgIpc) is 4.00. The molecule has 13 aromatic rings. The fourth-order valence-electron chi connectivity index (χ4n) is 9.95. The van der Waals surface area contributed by atoms with Crippen LogP contribution in [0.4, 0.5) is 17.1 Å². The van der Waals surface area contributed by atoms with Crippen molar-refractivity contribution in [3.05, 3.63) is 224 Å². The van der Waals surface area contributed by atoms with Crippen LogP contribution in [0.25, 0.3) is 97.1 Å². The normalized spacial score (nSPS) is 11.9. The van der Waals surface area contributed by atoms with Gasteiger partial charge >= 0.3 is 0 Å². The third-order valence-corrected chi connectivity index (χ3v) is 13.8. The van der Waals surface area contributed by atoms with E-state index in [9.17, 15) is 0 Å². The van der Waals surface area contributed by atoms with Crippen LogP contribution in [-0.4, -0.2) is 9.13 Å². The molecule has 0 saturated carbocycles. The number of thiophene rings is 1. The molecule has 4 heteroatoms. The Morgan fingerprint density at radius 2 is 0.871 bits per heavy atom. The van der Waals surface area contributed by atoms with E-state index in [1.807, 2.05) is 11.3 Å². The molecule has 3 nitrogen and oxygen atoms in total. The second kappa shape index (κ2) is 13.8. The summed E-state index contributed by atoms with van der Waals surface area (Å²) in [5, 5.41) is 10.2. The van der Waals surface area contributed by atoms with Crippen LogP contribution in [0.3, 0.4) is 0 Å². The molecular formula is C58H37N3S. The molecule has 0 N–H and O–H groups in total. The van der Waals surface area contributed by atoms with Crippen molar-refractivity contribution in [2.24, 2.45) is 0 Å². The van der Waals surface area contributed by atoms with Crippen molar-refractivity contribution in [3.63, 3.8) is 0 Å². The van der Waals surface area contributed by atoms with Gasteiger partial charge in [-0.2, -0.15) is 0 Å². The Bertz CT molecular complexity index is 3850. The summed E-state index contributed by atoms with van der Waals surface area (Å²) in [6, 6.07) is 82.1. The van der Waals surface area contributed by atoms with Gasteiger partial charge in [-0.25, -0.2) is 0 Å². The maximum atomic E-state index is 2.45. The van der Waals surface area contributed by atoms with Crippen LogP contribution in [-0.2, 0) is 0 Å². The molecule has 0 fully saturated rings. The van der Waals surface area contributed by atoms with Crippen molar-refractivity contribution in [3.8, 4) is 22.5 Å². The molecule has 0 bridgehead atoms. The van der Waals surface area contributed by atoms with Gasteiger partial charge in [-0.3, -0.25) is 0 Å². The topological polar surface area (TPSA) is 13.1 Å². The number of rotatable bonds is 6. The summed E-state index contributed by atoms with van der Waals surface area (Å²) in [7, 11) is 0. The Hall–Kier alpha value is -7.92. The molecule has 0 aliphatic heterocycles. The van der Waals surface area contributed by atoms with Gasteiger partial charge in [-0.15, -0.1) is 11.3 Å². The first-order chi connectivity index (χ1) is 30.8. The van der Waals surface area contributed by atoms with Gasteiger partial charge in [0, 0.05) is 64.5 Å². The van der Waals surface area contributed by atoms with E-state index in [0.717, 1.165) is 28.4 Å². The zero-order valence-electron chi connectivity index (χ0n) is 33.6. The standard InChI is InChI=1S/C58H37N3S/c1-2-14-41(15-3-1)60-51-21-10-7-19-49(51)58-52(22-12-23-53(58)60)59(44-34-35-47-46-17-8-11-24-55(46)62-56(47)37-44)42-30-25-38(26-31-42)39-27-32-43(33-28-39)61-50-20-9-6-18-48(50)57-45-16-5-4-13-40(45)29-36-54(57)61/h1-37H. The first-order valence-corrected chi connectivity index (χ1v) is 22.0. The van der Waals surface area contributed by atoms with Gasteiger partial charge in [0.15, 0.2) is 0 Å². The second-order valence-electron chi connectivity index (χ2n) is 16.1. The number of fused-ring (bicyclic) bond motifs is 11. The van der Waals surface area contributed by atoms with Crippen LogP contribution >= 0.6 is 11.3 Å². The first kappa shape index (κ1) is 34.9. The number of hydrogen-bond donors (Lipinski definition) is 0. The lowest BCUT2D eigenvalue weighted by molar-refractivity contribution is 1.18. The van der Waals surface area contributed by atoms with Crippen LogP contribution in [0, 0.1) is 0 Å². The van der Waals surface area contributed by atoms with Crippen LogP contribution in [0.2, 0.25) is 0 Å². The molecule has 0 spiro atoms. The van der Waals surface area contributed by atoms with E-state index in [1.165, 1.54) is 85.7 Å². The molecule has 0 amide bonds. The first-order valence-electron chi connectivity index (χ1n) is 21.2. The Kier molecular flexibility index (Phi) is 7.78. The number of para-hydroxylation sites is 3. The number of aromatic nitrogens is 2. The molecule has 0 atom stereocenters. The Balaban J connectivity index is 0.948. The van der Waals surface area contributed by atoms with Gasteiger partial charge in [0.2, 0.25) is 0 Å².